The molecule has 1 aromatic heterocycles. The Morgan fingerprint density at radius 1 is 1.38 bits per heavy atom. The van der Waals surface area contributed by atoms with E-state index in [1.54, 1.807) is 0 Å². The normalized spacial score (nSPS) is 9.77. The highest BCUT2D eigenvalue weighted by atomic mass is 15.2. The van der Waals surface area contributed by atoms with Crippen LogP contribution in [0.4, 0.5) is 0 Å². The predicted octanol–water partition coefficient (Wildman–Crippen LogP) is 3.13. The second-order valence-corrected chi connectivity index (χ2v) is 3.21. The Balaban J connectivity index is 0.000000671. The van der Waals surface area contributed by atoms with E-state index in [1.165, 1.54) is 11.3 Å². The maximum Gasteiger partial charge on any atom is 0.0656 e. The van der Waals surface area contributed by atoms with Crippen molar-refractivity contribution in [3.05, 3.63) is 17.5 Å². The van der Waals surface area contributed by atoms with Gasteiger partial charge < -0.3 is 0 Å². The van der Waals surface area contributed by atoms with Crippen LogP contribution in [0.1, 0.15) is 51.8 Å². The fourth-order valence-corrected chi connectivity index (χ4v) is 1.31. The van der Waals surface area contributed by atoms with Crippen LogP contribution >= 0.6 is 0 Å². The first kappa shape index (κ1) is 12.2. The standard InChI is InChI=1S/C9H16N2.C2H6/c1-5-9-8(7(2)3)6-11(4)10-9;1-2/h6-7H,5H2,1-4H3;1-2H3. The van der Waals surface area contributed by atoms with Gasteiger partial charge in [0.25, 0.3) is 0 Å². The highest BCUT2D eigenvalue weighted by Gasteiger charge is 2.08. The minimum absolute atomic E-state index is 0.596. The Bertz CT molecular complexity index is 236. The van der Waals surface area contributed by atoms with Gasteiger partial charge in [-0.15, -0.1) is 0 Å². The average Bonchev–Trinajstić information content (AvgIpc) is 2.50. The largest absolute Gasteiger partial charge is 0.275 e. The van der Waals surface area contributed by atoms with Crippen molar-refractivity contribution in [2.75, 3.05) is 0 Å². The minimum atomic E-state index is 0.596. The maximum absolute atomic E-state index is 4.37. The molecule has 0 bridgehead atoms. The molecule has 76 valence electrons. The van der Waals surface area contributed by atoms with Crippen molar-refractivity contribution in [3.63, 3.8) is 0 Å². The predicted molar refractivity (Wildman–Crippen MR) is 58.0 cm³/mol. The van der Waals surface area contributed by atoms with Gasteiger partial charge in [-0.2, -0.15) is 5.10 Å². The van der Waals surface area contributed by atoms with Gasteiger partial charge in [0, 0.05) is 13.2 Å². The highest BCUT2D eigenvalue weighted by molar-refractivity contribution is 5.20. The third kappa shape index (κ3) is 3.21. The summed E-state index contributed by atoms with van der Waals surface area (Å²) in [5.74, 6) is 0.596. The molecule has 0 N–H and O–H groups in total. The number of hydrogen-bond acceptors (Lipinski definition) is 1. The van der Waals surface area contributed by atoms with Crippen molar-refractivity contribution in [2.45, 2.75) is 47.0 Å². The van der Waals surface area contributed by atoms with Crippen LogP contribution < -0.4 is 0 Å². The summed E-state index contributed by atoms with van der Waals surface area (Å²) in [7, 11) is 1.98. The molecule has 0 spiro atoms. The summed E-state index contributed by atoms with van der Waals surface area (Å²) in [5, 5.41) is 4.37. The van der Waals surface area contributed by atoms with Gasteiger partial charge in [-0.3, -0.25) is 4.68 Å². The molecule has 13 heavy (non-hydrogen) atoms. The van der Waals surface area contributed by atoms with Gasteiger partial charge in [-0.25, -0.2) is 0 Å². The van der Waals surface area contributed by atoms with E-state index in [-0.39, 0.29) is 0 Å². The van der Waals surface area contributed by atoms with Gasteiger partial charge in [0.1, 0.15) is 0 Å². The van der Waals surface area contributed by atoms with Crippen molar-refractivity contribution in [2.24, 2.45) is 7.05 Å². The number of rotatable bonds is 2. The van der Waals surface area contributed by atoms with E-state index in [0.717, 1.165) is 6.42 Å². The summed E-state index contributed by atoms with van der Waals surface area (Å²) in [5.41, 5.74) is 2.62. The Kier molecular flexibility index (Phi) is 5.44. The third-order valence-corrected chi connectivity index (χ3v) is 1.89. The molecule has 0 saturated carbocycles. The SMILES string of the molecule is CC.CCc1nn(C)cc1C(C)C. The molecule has 0 atom stereocenters. The van der Waals surface area contributed by atoms with Crippen LogP contribution in [0.2, 0.25) is 0 Å². The summed E-state index contributed by atoms with van der Waals surface area (Å²) in [4.78, 5) is 0. The molecule has 0 amide bonds. The van der Waals surface area contributed by atoms with Gasteiger partial charge >= 0.3 is 0 Å². The molecular weight excluding hydrogens is 160 g/mol. The summed E-state index contributed by atoms with van der Waals surface area (Å²) in [6.07, 6.45) is 3.15. The van der Waals surface area contributed by atoms with E-state index < -0.39 is 0 Å². The second kappa shape index (κ2) is 5.79. The molecule has 1 rings (SSSR count). The Labute approximate surface area is 82.0 Å². The molecule has 0 radical (unpaired) electrons. The lowest BCUT2D eigenvalue weighted by Gasteiger charge is -2.01. The fraction of sp³-hybridized carbons (Fsp3) is 0.727. The molecular formula is C11H22N2. The first-order chi connectivity index (χ1) is 6.15. The van der Waals surface area contributed by atoms with Crippen LogP contribution in [0, 0.1) is 0 Å². The van der Waals surface area contributed by atoms with E-state index >= 15 is 0 Å². The number of hydrogen-bond donors (Lipinski definition) is 0. The molecule has 1 aromatic rings. The molecule has 0 aliphatic carbocycles. The number of aromatic nitrogens is 2. The molecule has 0 fully saturated rings. The van der Waals surface area contributed by atoms with Crippen LogP contribution in [0.25, 0.3) is 0 Å². The molecule has 0 aromatic carbocycles. The smallest absolute Gasteiger partial charge is 0.0656 e. The van der Waals surface area contributed by atoms with Gasteiger partial charge in [0.15, 0.2) is 0 Å². The summed E-state index contributed by atoms with van der Waals surface area (Å²) in [6, 6.07) is 0. The Morgan fingerprint density at radius 3 is 2.23 bits per heavy atom. The monoisotopic (exact) mass is 182 g/mol. The maximum atomic E-state index is 4.37. The zero-order valence-corrected chi connectivity index (χ0v) is 9.76. The quantitative estimate of drug-likeness (QED) is 0.687. The molecule has 0 aliphatic rings. The summed E-state index contributed by atoms with van der Waals surface area (Å²) >= 11 is 0. The number of nitrogens with zero attached hydrogens (tertiary/aromatic N) is 2. The van der Waals surface area contributed by atoms with Gasteiger partial charge in [0.05, 0.1) is 5.69 Å². The van der Waals surface area contributed by atoms with Crippen molar-refractivity contribution < 1.29 is 0 Å². The fourth-order valence-electron chi connectivity index (χ4n) is 1.31. The van der Waals surface area contributed by atoms with Crippen LogP contribution in [0.3, 0.4) is 0 Å². The second-order valence-electron chi connectivity index (χ2n) is 3.21. The van der Waals surface area contributed by atoms with Gasteiger partial charge in [-0.05, 0) is 17.9 Å². The summed E-state index contributed by atoms with van der Waals surface area (Å²) < 4.78 is 1.90. The van der Waals surface area contributed by atoms with Crippen LogP contribution in [0.5, 0.6) is 0 Å². The van der Waals surface area contributed by atoms with Crippen molar-refractivity contribution in [1.82, 2.24) is 9.78 Å². The van der Waals surface area contributed by atoms with Crippen LogP contribution in [-0.2, 0) is 13.5 Å². The number of aryl methyl sites for hydroxylation is 2. The zero-order chi connectivity index (χ0) is 10.4. The van der Waals surface area contributed by atoms with Crippen molar-refractivity contribution >= 4 is 0 Å². The van der Waals surface area contributed by atoms with E-state index in [9.17, 15) is 0 Å². The van der Waals surface area contributed by atoms with E-state index in [2.05, 4.69) is 32.1 Å². The molecule has 0 aliphatic heterocycles. The Hall–Kier alpha value is -0.790. The van der Waals surface area contributed by atoms with Crippen molar-refractivity contribution in [1.29, 1.82) is 0 Å². The summed E-state index contributed by atoms with van der Waals surface area (Å²) in [6.45, 7) is 10.6. The third-order valence-electron chi connectivity index (χ3n) is 1.89. The molecule has 1 heterocycles. The Morgan fingerprint density at radius 2 is 1.92 bits per heavy atom. The van der Waals surface area contributed by atoms with Crippen LogP contribution in [-0.4, -0.2) is 9.78 Å². The lowest BCUT2D eigenvalue weighted by molar-refractivity contribution is 0.746. The van der Waals surface area contributed by atoms with E-state index in [4.69, 9.17) is 0 Å². The lowest BCUT2D eigenvalue weighted by atomic mass is 10.0. The molecule has 2 nitrogen and oxygen atoms in total. The van der Waals surface area contributed by atoms with E-state index in [0.29, 0.717) is 5.92 Å². The highest BCUT2D eigenvalue weighted by Crippen LogP contribution is 2.17. The first-order valence-corrected chi connectivity index (χ1v) is 5.17. The lowest BCUT2D eigenvalue weighted by Crippen LogP contribution is -1.91. The zero-order valence-electron chi connectivity index (χ0n) is 9.76. The van der Waals surface area contributed by atoms with Gasteiger partial charge in [0.2, 0.25) is 0 Å². The average molecular weight is 182 g/mol. The molecule has 2 heteroatoms. The van der Waals surface area contributed by atoms with Crippen molar-refractivity contribution in [3.8, 4) is 0 Å². The molecule has 0 saturated heterocycles. The topological polar surface area (TPSA) is 17.8 Å². The van der Waals surface area contributed by atoms with Crippen LogP contribution in [0.15, 0.2) is 6.20 Å². The van der Waals surface area contributed by atoms with Gasteiger partial charge in [-0.1, -0.05) is 34.6 Å². The molecule has 0 unspecified atom stereocenters. The van der Waals surface area contributed by atoms with E-state index in [1.807, 2.05) is 25.6 Å². The minimum Gasteiger partial charge on any atom is -0.275 e. The first-order valence-electron chi connectivity index (χ1n) is 5.17.